The number of rotatable bonds is 4. The standard InChI is InChI=1S/C24H25ClN2O3/c1-15-11-16(2)14-26(13-15)22-21(19-9-4-5-10-20(19)30-3)23(28)27(24(22)29)18-8-6-7-17(25)12-18/h4-10,12,15-16H,11,13-14H2,1-3H3. The third-order valence-corrected chi connectivity index (χ3v) is 5.92. The number of carbonyl (C=O) groups is 2. The molecular weight excluding hydrogens is 400 g/mol. The van der Waals surface area contributed by atoms with E-state index in [0.29, 0.717) is 45.1 Å². The number of hydrogen-bond donors (Lipinski definition) is 0. The van der Waals surface area contributed by atoms with Gasteiger partial charge in [0, 0.05) is 23.7 Å². The number of nitrogens with zero attached hydrogens (tertiary/aromatic N) is 2. The zero-order valence-electron chi connectivity index (χ0n) is 17.4. The largest absolute Gasteiger partial charge is 0.496 e. The minimum Gasteiger partial charge on any atom is -0.496 e. The number of halogens is 1. The lowest BCUT2D eigenvalue weighted by atomic mass is 9.91. The highest BCUT2D eigenvalue weighted by Crippen LogP contribution is 2.40. The first kappa shape index (κ1) is 20.5. The van der Waals surface area contributed by atoms with E-state index in [1.165, 1.54) is 4.90 Å². The Morgan fingerprint density at radius 3 is 2.33 bits per heavy atom. The molecule has 2 amide bonds. The van der Waals surface area contributed by atoms with Crippen LogP contribution in [0.25, 0.3) is 5.57 Å². The van der Waals surface area contributed by atoms with Crippen molar-refractivity contribution in [2.24, 2.45) is 11.8 Å². The van der Waals surface area contributed by atoms with Crippen LogP contribution in [0.4, 0.5) is 5.69 Å². The van der Waals surface area contributed by atoms with E-state index in [1.807, 2.05) is 18.2 Å². The third-order valence-electron chi connectivity index (χ3n) is 5.69. The fourth-order valence-electron chi connectivity index (χ4n) is 4.60. The van der Waals surface area contributed by atoms with E-state index in [2.05, 4.69) is 18.7 Å². The van der Waals surface area contributed by atoms with E-state index >= 15 is 0 Å². The van der Waals surface area contributed by atoms with Crippen molar-refractivity contribution in [1.82, 2.24) is 4.90 Å². The van der Waals surface area contributed by atoms with Crippen LogP contribution in [0.1, 0.15) is 25.8 Å². The lowest BCUT2D eigenvalue weighted by molar-refractivity contribution is -0.120. The molecule has 2 aromatic rings. The number of carbonyl (C=O) groups excluding carboxylic acids is 2. The van der Waals surface area contributed by atoms with Crippen LogP contribution in [-0.2, 0) is 9.59 Å². The molecule has 2 aliphatic rings. The third kappa shape index (κ3) is 3.58. The first-order valence-corrected chi connectivity index (χ1v) is 10.6. The number of amides is 2. The Kier molecular flexibility index (Phi) is 5.56. The normalized spacial score (nSPS) is 22.1. The average molecular weight is 425 g/mol. The second kappa shape index (κ2) is 8.15. The fraction of sp³-hybridized carbons (Fsp3) is 0.333. The smallest absolute Gasteiger partial charge is 0.282 e. The Bertz CT molecular complexity index is 1020. The number of anilines is 1. The highest BCUT2D eigenvalue weighted by Gasteiger charge is 2.44. The fourth-order valence-corrected chi connectivity index (χ4v) is 4.79. The van der Waals surface area contributed by atoms with Gasteiger partial charge in [0.05, 0.1) is 18.4 Å². The number of para-hydroxylation sites is 1. The Morgan fingerprint density at radius 1 is 0.967 bits per heavy atom. The van der Waals surface area contributed by atoms with E-state index in [1.54, 1.807) is 37.4 Å². The molecule has 2 unspecified atom stereocenters. The van der Waals surface area contributed by atoms with Crippen LogP contribution in [0.15, 0.2) is 54.2 Å². The highest BCUT2D eigenvalue weighted by molar-refractivity contribution is 6.46. The molecule has 4 rings (SSSR count). The van der Waals surface area contributed by atoms with Gasteiger partial charge in [-0.25, -0.2) is 4.90 Å². The lowest BCUT2D eigenvalue weighted by Gasteiger charge is -2.37. The van der Waals surface area contributed by atoms with Crippen molar-refractivity contribution in [3.63, 3.8) is 0 Å². The molecule has 0 aliphatic carbocycles. The van der Waals surface area contributed by atoms with Gasteiger partial charge in [0.25, 0.3) is 11.8 Å². The Hall–Kier alpha value is -2.79. The maximum absolute atomic E-state index is 13.6. The number of ether oxygens (including phenoxy) is 1. The first-order chi connectivity index (χ1) is 14.4. The summed E-state index contributed by atoms with van der Waals surface area (Å²) in [5.74, 6) is 0.765. The zero-order valence-corrected chi connectivity index (χ0v) is 18.1. The minimum atomic E-state index is -0.354. The van der Waals surface area contributed by atoms with Crippen LogP contribution in [0, 0.1) is 11.8 Å². The Morgan fingerprint density at radius 2 is 1.67 bits per heavy atom. The van der Waals surface area contributed by atoms with Gasteiger partial charge in [0.1, 0.15) is 11.4 Å². The van der Waals surface area contributed by atoms with Gasteiger partial charge < -0.3 is 9.64 Å². The van der Waals surface area contributed by atoms with Gasteiger partial charge in [-0.05, 0) is 42.5 Å². The van der Waals surface area contributed by atoms with Gasteiger partial charge in [-0.1, -0.05) is 49.7 Å². The Labute approximate surface area is 181 Å². The highest BCUT2D eigenvalue weighted by atomic mass is 35.5. The maximum Gasteiger partial charge on any atom is 0.282 e. The summed E-state index contributed by atoms with van der Waals surface area (Å²) in [6, 6.07) is 14.2. The van der Waals surface area contributed by atoms with Crippen LogP contribution >= 0.6 is 11.6 Å². The second-order valence-corrected chi connectivity index (χ2v) is 8.64. The predicted octanol–water partition coefficient (Wildman–Crippen LogP) is 4.61. The summed E-state index contributed by atoms with van der Waals surface area (Å²) in [5, 5.41) is 0.473. The quantitative estimate of drug-likeness (QED) is 0.672. The van der Waals surface area contributed by atoms with Crippen LogP contribution in [0.3, 0.4) is 0 Å². The van der Waals surface area contributed by atoms with Crippen molar-refractivity contribution >= 4 is 34.7 Å². The monoisotopic (exact) mass is 424 g/mol. The maximum atomic E-state index is 13.6. The Balaban J connectivity index is 1.88. The van der Waals surface area contributed by atoms with Crippen LogP contribution in [0.5, 0.6) is 5.75 Å². The van der Waals surface area contributed by atoms with E-state index in [-0.39, 0.29) is 11.8 Å². The molecule has 2 heterocycles. The molecule has 0 saturated carbocycles. The summed E-state index contributed by atoms with van der Waals surface area (Å²) in [7, 11) is 1.57. The van der Waals surface area contributed by atoms with Crippen molar-refractivity contribution < 1.29 is 14.3 Å². The second-order valence-electron chi connectivity index (χ2n) is 8.20. The molecule has 1 fully saturated rings. The van der Waals surface area contributed by atoms with Gasteiger partial charge in [0.15, 0.2) is 0 Å². The SMILES string of the molecule is COc1ccccc1C1=C(N2CC(C)CC(C)C2)C(=O)N(c2cccc(Cl)c2)C1=O. The summed E-state index contributed by atoms with van der Waals surface area (Å²) < 4.78 is 5.52. The number of hydrogen-bond acceptors (Lipinski definition) is 4. The van der Waals surface area contributed by atoms with Gasteiger partial charge in [-0.15, -0.1) is 0 Å². The molecule has 6 heteroatoms. The van der Waals surface area contributed by atoms with Crippen molar-refractivity contribution in [3.05, 3.63) is 64.8 Å². The topological polar surface area (TPSA) is 49.9 Å². The molecule has 2 aliphatic heterocycles. The molecule has 0 radical (unpaired) electrons. The van der Waals surface area contributed by atoms with Crippen LogP contribution in [-0.4, -0.2) is 36.9 Å². The number of likely N-dealkylation sites (tertiary alicyclic amines) is 1. The van der Waals surface area contributed by atoms with E-state index in [9.17, 15) is 9.59 Å². The molecular formula is C24H25ClN2O3. The number of piperidine rings is 1. The van der Waals surface area contributed by atoms with Crippen molar-refractivity contribution in [2.75, 3.05) is 25.1 Å². The molecule has 5 nitrogen and oxygen atoms in total. The lowest BCUT2D eigenvalue weighted by Crippen LogP contribution is -2.42. The molecule has 156 valence electrons. The summed E-state index contributed by atoms with van der Waals surface area (Å²) in [4.78, 5) is 30.6. The zero-order chi connectivity index (χ0) is 21.4. The number of benzene rings is 2. The summed E-state index contributed by atoms with van der Waals surface area (Å²) in [6.45, 7) is 5.84. The molecule has 0 spiro atoms. The number of methoxy groups -OCH3 is 1. The van der Waals surface area contributed by atoms with E-state index < -0.39 is 0 Å². The van der Waals surface area contributed by atoms with Crippen LogP contribution in [0.2, 0.25) is 5.02 Å². The molecule has 1 saturated heterocycles. The summed E-state index contributed by atoms with van der Waals surface area (Å²) in [6.07, 6.45) is 1.11. The van der Waals surface area contributed by atoms with Crippen molar-refractivity contribution in [2.45, 2.75) is 20.3 Å². The van der Waals surface area contributed by atoms with Crippen molar-refractivity contribution in [1.29, 1.82) is 0 Å². The predicted molar refractivity (Wildman–Crippen MR) is 118 cm³/mol. The van der Waals surface area contributed by atoms with Crippen LogP contribution < -0.4 is 9.64 Å². The average Bonchev–Trinajstić information content (AvgIpc) is 2.97. The molecule has 2 aromatic carbocycles. The molecule has 0 N–H and O–H groups in total. The first-order valence-electron chi connectivity index (χ1n) is 10.2. The van der Waals surface area contributed by atoms with Crippen molar-refractivity contribution in [3.8, 4) is 5.75 Å². The minimum absolute atomic E-state index is 0.315. The van der Waals surface area contributed by atoms with E-state index in [4.69, 9.17) is 16.3 Å². The van der Waals surface area contributed by atoms with Gasteiger partial charge in [0.2, 0.25) is 0 Å². The summed E-state index contributed by atoms with van der Waals surface area (Å²) in [5.41, 5.74) is 1.93. The molecule has 0 aromatic heterocycles. The van der Waals surface area contributed by atoms with Gasteiger partial charge in [-0.2, -0.15) is 0 Å². The van der Waals surface area contributed by atoms with Gasteiger partial charge >= 0.3 is 0 Å². The molecule has 30 heavy (non-hydrogen) atoms. The van der Waals surface area contributed by atoms with Gasteiger partial charge in [-0.3, -0.25) is 9.59 Å². The summed E-state index contributed by atoms with van der Waals surface area (Å²) >= 11 is 6.15. The molecule has 0 bridgehead atoms. The van der Waals surface area contributed by atoms with E-state index in [0.717, 1.165) is 19.5 Å². The molecule has 2 atom stereocenters. The number of imide groups is 1.